The molecule has 0 spiro atoms. The molecule has 88 valence electrons. The standard InChI is InChI=1S/C11H13F2NO2/c12-11(13)16-9-3-1-8(2-4-9)10-7-14-5-6-15-10/h1-4,10-11,14H,5-7H2/t10-/m0/s1. The van der Waals surface area contributed by atoms with Crippen molar-refractivity contribution in [2.75, 3.05) is 19.7 Å². The number of alkyl halides is 2. The van der Waals surface area contributed by atoms with E-state index in [2.05, 4.69) is 10.1 Å². The fourth-order valence-corrected chi connectivity index (χ4v) is 1.64. The van der Waals surface area contributed by atoms with Gasteiger partial charge in [0, 0.05) is 13.1 Å². The van der Waals surface area contributed by atoms with Crippen molar-refractivity contribution in [3.05, 3.63) is 29.8 Å². The predicted molar refractivity (Wildman–Crippen MR) is 54.6 cm³/mol. The minimum atomic E-state index is -2.78. The number of hydrogen-bond acceptors (Lipinski definition) is 3. The molecule has 1 atom stereocenters. The SMILES string of the molecule is FC(F)Oc1ccc([C@@H]2CNCCO2)cc1. The van der Waals surface area contributed by atoms with Gasteiger partial charge < -0.3 is 14.8 Å². The summed E-state index contributed by atoms with van der Waals surface area (Å²) in [5.41, 5.74) is 0.966. The molecule has 0 amide bonds. The fraction of sp³-hybridized carbons (Fsp3) is 0.455. The number of nitrogens with one attached hydrogen (secondary N) is 1. The minimum absolute atomic E-state index is 0.00523. The van der Waals surface area contributed by atoms with E-state index < -0.39 is 6.61 Å². The zero-order valence-corrected chi connectivity index (χ0v) is 8.66. The second-order valence-corrected chi connectivity index (χ2v) is 3.51. The maximum absolute atomic E-state index is 11.9. The highest BCUT2D eigenvalue weighted by atomic mass is 19.3. The lowest BCUT2D eigenvalue weighted by molar-refractivity contribution is -0.0498. The third-order valence-corrected chi connectivity index (χ3v) is 2.40. The quantitative estimate of drug-likeness (QED) is 0.859. The van der Waals surface area contributed by atoms with Crippen LogP contribution in [0.5, 0.6) is 5.75 Å². The normalized spacial score (nSPS) is 21.1. The number of ether oxygens (including phenoxy) is 2. The van der Waals surface area contributed by atoms with Crippen molar-refractivity contribution in [3.8, 4) is 5.75 Å². The van der Waals surface area contributed by atoms with Crippen LogP contribution in [0.3, 0.4) is 0 Å². The summed E-state index contributed by atoms with van der Waals surface area (Å²) in [4.78, 5) is 0. The smallest absolute Gasteiger partial charge is 0.387 e. The van der Waals surface area contributed by atoms with E-state index in [-0.39, 0.29) is 11.9 Å². The summed E-state index contributed by atoms with van der Waals surface area (Å²) >= 11 is 0. The Bertz CT molecular complexity index is 323. The number of halogens is 2. The minimum Gasteiger partial charge on any atom is -0.435 e. The summed E-state index contributed by atoms with van der Waals surface area (Å²) in [6, 6.07) is 6.55. The fourth-order valence-electron chi connectivity index (χ4n) is 1.64. The first-order valence-corrected chi connectivity index (χ1v) is 5.13. The first kappa shape index (κ1) is 11.3. The summed E-state index contributed by atoms with van der Waals surface area (Å²) < 4.78 is 33.6. The maximum Gasteiger partial charge on any atom is 0.387 e. The molecule has 0 radical (unpaired) electrons. The molecular weight excluding hydrogens is 216 g/mol. The van der Waals surface area contributed by atoms with Crippen molar-refractivity contribution < 1.29 is 18.3 Å². The molecule has 0 aliphatic carbocycles. The van der Waals surface area contributed by atoms with Crippen LogP contribution in [0.2, 0.25) is 0 Å². The van der Waals surface area contributed by atoms with Crippen LogP contribution in [0, 0.1) is 0 Å². The summed E-state index contributed by atoms with van der Waals surface area (Å²) in [5.74, 6) is 0.169. The molecule has 1 fully saturated rings. The van der Waals surface area contributed by atoms with Gasteiger partial charge in [0.25, 0.3) is 0 Å². The van der Waals surface area contributed by atoms with Crippen molar-refractivity contribution in [1.29, 1.82) is 0 Å². The Morgan fingerprint density at radius 2 is 2.06 bits per heavy atom. The average molecular weight is 229 g/mol. The van der Waals surface area contributed by atoms with Crippen molar-refractivity contribution in [2.45, 2.75) is 12.7 Å². The molecule has 16 heavy (non-hydrogen) atoms. The van der Waals surface area contributed by atoms with Gasteiger partial charge in [0.15, 0.2) is 0 Å². The molecule has 0 saturated carbocycles. The Kier molecular flexibility index (Phi) is 3.69. The zero-order valence-electron chi connectivity index (χ0n) is 8.66. The lowest BCUT2D eigenvalue weighted by Crippen LogP contribution is -2.33. The maximum atomic E-state index is 11.9. The van der Waals surface area contributed by atoms with E-state index in [1.165, 1.54) is 12.1 Å². The van der Waals surface area contributed by atoms with E-state index in [0.717, 1.165) is 18.7 Å². The van der Waals surface area contributed by atoms with Crippen LogP contribution in [0.1, 0.15) is 11.7 Å². The first-order chi connectivity index (χ1) is 7.75. The summed E-state index contributed by atoms with van der Waals surface area (Å²) in [6.45, 7) is -0.517. The van der Waals surface area contributed by atoms with Crippen LogP contribution in [0.15, 0.2) is 24.3 Å². The van der Waals surface area contributed by atoms with Crippen LogP contribution in [0.4, 0.5) is 8.78 Å². The van der Waals surface area contributed by atoms with Gasteiger partial charge in [-0.05, 0) is 17.7 Å². The number of hydrogen-bond donors (Lipinski definition) is 1. The molecule has 0 unspecified atom stereocenters. The molecule has 1 aromatic carbocycles. The highest BCUT2D eigenvalue weighted by Gasteiger charge is 2.15. The van der Waals surface area contributed by atoms with Crippen molar-refractivity contribution in [1.82, 2.24) is 5.32 Å². The van der Waals surface area contributed by atoms with Gasteiger partial charge in [-0.3, -0.25) is 0 Å². The van der Waals surface area contributed by atoms with E-state index in [4.69, 9.17) is 4.74 Å². The third kappa shape index (κ3) is 2.90. The van der Waals surface area contributed by atoms with Crippen LogP contribution in [-0.2, 0) is 4.74 Å². The number of rotatable bonds is 3. The second-order valence-electron chi connectivity index (χ2n) is 3.51. The molecule has 1 aliphatic heterocycles. The van der Waals surface area contributed by atoms with Crippen LogP contribution in [0.25, 0.3) is 0 Å². The molecule has 1 N–H and O–H groups in total. The Labute approximate surface area is 92.4 Å². The largest absolute Gasteiger partial charge is 0.435 e. The van der Waals surface area contributed by atoms with Gasteiger partial charge in [-0.15, -0.1) is 0 Å². The molecule has 0 bridgehead atoms. The van der Waals surface area contributed by atoms with Crippen molar-refractivity contribution in [2.24, 2.45) is 0 Å². The lowest BCUT2D eigenvalue weighted by Gasteiger charge is -2.24. The molecule has 5 heteroatoms. The summed E-state index contributed by atoms with van der Waals surface area (Å²) in [6.07, 6.45) is -0.00523. The van der Waals surface area contributed by atoms with E-state index in [1.807, 2.05) is 0 Å². The van der Waals surface area contributed by atoms with Crippen molar-refractivity contribution >= 4 is 0 Å². The highest BCUT2D eigenvalue weighted by molar-refractivity contribution is 5.29. The Morgan fingerprint density at radius 1 is 1.31 bits per heavy atom. The molecule has 1 aromatic rings. The van der Waals surface area contributed by atoms with E-state index in [1.54, 1.807) is 12.1 Å². The van der Waals surface area contributed by atoms with Crippen molar-refractivity contribution in [3.63, 3.8) is 0 Å². The second kappa shape index (κ2) is 5.23. The molecule has 1 aliphatic rings. The van der Waals surface area contributed by atoms with Crippen LogP contribution in [-0.4, -0.2) is 26.3 Å². The van der Waals surface area contributed by atoms with E-state index in [0.29, 0.717) is 6.61 Å². The Balaban J connectivity index is 2.00. The number of morpholine rings is 1. The third-order valence-electron chi connectivity index (χ3n) is 2.40. The molecule has 0 aromatic heterocycles. The van der Waals surface area contributed by atoms with Gasteiger partial charge in [0.2, 0.25) is 0 Å². The van der Waals surface area contributed by atoms with Gasteiger partial charge in [-0.2, -0.15) is 8.78 Å². The predicted octanol–water partition coefficient (Wildman–Crippen LogP) is 1.95. The lowest BCUT2D eigenvalue weighted by atomic mass is 10.1. The number of benzene rings is 1. The molecule has 3 nitrogen and oxygen atoms in total. The van der Waals surface area contributed by atoms with E-state index >= 15 is 0 Å². The average Bonchev–Trinajstić information content (AvgIpc) is 2.30. The van der Waals surface area contributed by atoms with Gasteiger partial charge in [-0.1, -0.05) is 12.1 Å². The van der Waals surface area contributed by atoms with Gasteiger partial charge in [0.1, 0.15) is 5.75 Å². The molecule has 2 rings (SSSR count). The van der Waals surface area contributed by atoms with Gasteiger partial charge in [-0.25, -0.2) is 0 Å². The monoisotopic (exact) mass is 229 g/mol. The van der Waals surface area contributed by atoms with Gasteiger partial charge >= 0.3 is 6.61 Å². The highest BCUT2D eigenvalue weighted by Crippen LogP contribution is 2.22. The molecule has 1 saturated heterocycles. The molecule has 1 heterocycles. The zero-order chi connectivity index (χ0) is 11.4. The van der Waals surface area contributed by atoms with Crippen LogP contribution < -0.4 is 10.1 Å². The summed E-state index contributed by atoms with van der Waals surface area (Å²) in [7, 11) is 0. The molecular formula is C11H13F2NO2. The van der Waals surface area contributed by atoms with Gasteiger partial charge in [0.05, 0.1) is 12.7 Å². The first-order valence-electron chi connectivity index (χ1n) is 5.13. The topological polar surface area (TPSA) is 30.5 Å². The van der Waals surface area contributed by atoms with E-state index in [9.17, 15) is 8.78 Å². The Hall–Kier alpha value is -1.20. The Morgan fingerprint density at radius 3 is 2.62 bits per heavy atom. The van der Waals surface area contributed by atoms with Crippen LogP contribution >= 0.6 is 0 Å². The summed E-state index contributed by atoms with van der Waals surface area (Å²) in [5, 5.41) is 3.20.